The van der Waals surface area contributed by atoms with Gasteiger partial charge in [-0.15, -0.1) is 11.3 Å². The van der Waals surface area contributed by atoms with Crippen molar-refractivity contribution in [3.8, 4) is 10.6 Å². The number of hydrogen-bond acceptors (Lipinski definition) is 6. The molecule has 1 aromatic carbocycles. The third-order valence-corrected chi connectivity index (χ3v) is 8.05. The van der Waals surface area contributed by atoms with Gasteiger partial charge in [-0.2, -0.15) is 0 Å². The smallest absolute Gasteiger partial charge is 0.265 e. The predicted octanol–water partition coefficient (Wildman–Crippen LogP) is 3.19. The molecule has 184 valence electrons. The number of piperidine rings is 1. The summed E-state index contributed by atoms with van der Waals surface area (Å²) in [5, 5.41) is 3.80. The van der Waals surface area contributed by atoms with Crippen molar-refractivity contribution < 1.29 is 18.7 Å². The SMILES string of the molecule is Cc1nc(-c2ccc(F)cc2)sc1C(=O)N1CCC(C(C)C(=O)NCCN2CCOCC2)CC1. The van der Waals surface area contributed by atoms with Gasteiger partial charge in [0.1, 0.15) is 15.7 Å². The first-order valence-electron chi connectivity index (χ1n) is 12.0. The van der Waals surface area contributed by atoms with Gasteiger partial charge in [-0.25, -0.2) is 9.37 Å². The molecule has 3 heterocycles. The molecule has 2 fully saturated rings. The number of carbonyl (C=O) groups is 2. The molecule has 2 saturated heterocycles. The first kappa shape index (κ1) is 24.8. The maximum absolute atomic E-state index is 13.2. The average Bonchev–Trinajstić information content (AvgIpc) is 3.25. The molecule has 1 atom stereocenters. The van der Waals surface area contributed by atoms with Gasteiger partial charge in [0, 0.05) is 50.7 Å². The Balaban J connectivity index is 1.26. The second-order valence-electron chi connectivity index (χ2n) is 9.10. The molecule has 0 spiro atoms. The lowest BCUT2D eigenvalue weighted by Crippen LogP contribution is -2.45. The van der Waals surface area contributed by atoms with Gasteiger partial charge in [0.25, 0.3) is 5.91 Å². The van der Waals surface area contributed by atoms with Crippen molar-refractivity contribution in [1.29, 1.82) is 0 Å². The van der Waals surface area contributed by atoms with Crippen LogP contribution in [-0.4, -0.2) is 79.1 Å². The Hall–Kier alpha value is -2.36. The van der Waals surface area contributed by atoms with E-state index in [0.717, 1.165) is 56.3 Å². The van der Waals surface area contributed by atoms with Gasteiger partial charge >= 0.3 is 0 Å². The number of likely N-dealkylation sites (tertiary alicyclic amines) is 1. The fourth-order valence-corrected chi connectivity index (χ4v) is 5.63. The first-order valence-corrected chi connectivity index (χ1v) is 12.8. The summed E-state index contributed by atoms with van der Waals surface area (Å²) in [5.41, 5.74) is 1.50. The summed E-state index contributed by atoms with van der Waals surface area (Å²) in [6.07, 6.45) is 1.62. The fourth-order valence-electron chi connectivity index (χ4n) is 4.59. The van der Waals surface area contributed by atoms with Crippen molar-refractivity contribution in [1.82, 2.24) is 20.1 Å². The molecule has 0 radical (unpaired) electrons. The average molecular weight is 489 g/mol. The minimum Gasteiger partial charge on any atom is -0.379 e. The van der Waals surface area contributed by atoms with E-state index in [4.69, 9.17) is 4.74 Å². The van der Waals surface area contributed by atoms with Crippen molar-refractivity contribution in [3.63, 3.8) is 0 Å². The second kappa shape index (κ2) is 11.4. The number of ether oxygens (including phenoxy) is 1. The van der Waals surface area contributed by atoms with Gasteiger partial charge < -0.3 is 15.0 Å². The summed E-state index contributed by atoms with van der Waals surface area (Å²) >= 11 is 1.35. The van der Waals surface area contributed by atoms with Crippen molar-refractivity contribution in [2.24, 2.45) is 11.8 Å². The van der Waals surface area contributed by atoms with E-state index in [1.165, 1.54) is 23.5 Å². The van der Waals surface area contributed by atoms with E-state index in [2.05, 4.69) is 15.2 Å². The number of hydrogen-bond donors (Lipinski definition) is 1. The van der Waals surface area contributed by atoms with Gasteiger partial charge in [0.05, 0.1) is 18.9 Å². The van der Waals surface area contributed by atoms with Crippen LogP contribution in [0.15, 0.2) is 24.3 Å². The van der Waals surface area contributed by atoms with Gasteiger partial charge in [-0.05, 0) is 49.9 Å². The van der Waals surface area contributed by atoms with Crippen LogP contribution in [0, 0.1) is 24.6 Å². The molecule has 7 nitrogen and oxygen atoms in total. The maximum atomic E-state index is 13.2. The minimum absolute atomic E-state index is 0.00979. The van der Waals surface area contributed by atoms with Crippen LogP contribution in [-0.2, 0) is 9.53 Å². The molecule has 1 unspecified atom stereocenters. The van der Waals surface area contributed by atoms with E-state index in [1.54, 1.807) is 12.1 Å². The zero-order chi connectivity index (χ0) is 24.1. The van der Waals surface area contributed by atoms with Crippen molar-refractivity contribution in [2.75, 3.05) is 52.5 Å². The summed E-state index contributed by atoms with van der Waals surface area (Å²) in [6, 6.07) is 6.16. The molecule has 0 saturated carbocycles. The number of benzene rings is 1. The molecular weight excluding hydrogens is 455 g/mol. The highest BCUT2D eigenvalue weighted by Gasteiger charge is 2.31. The molecule has 9 heteroatoms. The molecule has 2 aliphatic heterocycles. The van der Waals surface area contributed by atoms with Crippen LogP contribution in [0.3, 0.4) is 0 Å². The third kappa shape index (κ3) is 6.00. The van der Waals surface area contributed by atoms with Gasteiger partial charge in [-0.3, -0.25) is 14.5 Å². The van der Waals surface area contributed by atoms with E-state index >= 15 is 0 Å². The Morgan fingerprint density at radius 1 is 1.18 bits per heavy atom. The third-order valence-electron chi connectivity index (χ3n) is 6.86. The standard InChI is InChI=1S/C25H33FN4O3S/c1-17(23(31)27-9-12-29-13-15-33-16-14-29)19-7-10-30(11-8-19)25(32)22-18(2)28-24(34-22)20-3-5-21(26)6-4-20/h3-6,17,19H,7-16H2,1-2H3,(H,27,31). The topological polar surface area (TPSA) is 74.8 Å². The molecule has 2 amide bonds. The number of nitrogens with one attached hydrogen (secondary N) is 1. The number of halogens is 1. The highest BCUT2D eigenvalue weighted by molar-refractivity contribution is 7.17. The molecule has 1 aromatic heterocycles. The monoisotopic (exact) mass is 488 g/mol. The molecule has 0 bridgehead atoms. The largest absolute Gasteiger partial charge is 0.379 e. The van der Waals surface area contributed by atoms with Crippen LogP contribution in [0.1, 0.15) is 35.1 Å². The van der Waals surface area contributed by atoms with Crippen LogP contribution in [0.2, 0.25) is 0 Å². The van der Waals surface area contributed by atoms with Crippen molar-refractivity contribution in [2.45, 2.75) is 26.7 Å². The summed E-state index contributed by atoms with van der Waals surface area (Å²) in [6.45, 7) is 9.97. The van der Waals surface area contributed by atoms with Gasteiger partial charge in [0.2, 0.25) is 5.91 Å². The number of carbonyl (C=O) groups excluding carboxylic acids is 2. The number of amides is 2. The quantitative estimate of drug-likeness (QED) is 0.648. The number of aryl methyl sites for hydroxylation is 1. The molecule has 0 aliphatic carbocycles. The minimum atomic E-state index is -0.295. The zero-order valence-electron chi connectivity index (χ0n) is 19.9. The lowest BCUT2D eigenvalue weighted by atomic mass is 9.85. The van der Waals surface area contributed by atoms with Crippen molar-refractivity contribution >= 4 is 23.2 Å². The molecule has 34 heavy (non-hydrogen) atoms. The first-order chi connectivity index (χ1) is 16.4. The lowest BCUT2D eigenvalue weighted by molar-refractivity contribution is -0.126. The molecular formula is C25H33FN4O3S. The molecule has 1 N–H and O–H groups in total. The molecule has 2 aromatic rings. The van der Waals surface area contributed by atoms with Gasteiger partial charge in [-0.1, -0.05) is 6.92 Å². The Kier molecular flexibility index (Phi) is 8.28. The molecule has 4 rings (SSSR count). The van der Waals surface area contributed by atoms with Crippen molar-refractivity contribution in [3.05, 3.63) is 40.7 Å². The Bertz CT molecular complexity index is 983. The lowest BCUT2D eigenvalue weighted by Gasteiger charge is -2.34. The Morgan fingerprint density at radius 2 is 1.85 bits per heavy atom. The maximum Gasteiger partial charge on any atom is 0.265 e. The van der Waals surface area contributed by atoms with Crippen LogP contribution >= 0.6 is 11.3 Å². The van der Waals surface area contributed by atoms with E-state index in [-0.39, 0.29) is 29.5 Å². The van der Waals surface area contributed by atoms with Gasteiger partial charge in [0.15, 0.2) is 0 Å². The van der Waals surface area contributed by atoms with Crippen LogP contribution < -0.4 is 5.32 Å². The number of thiazole rings is 1. The fraction of sp³-hybridized carbons (Fsp3) is 0.560. The van der Waals surface area contributed by atoms with E-state index in [1.807, 2.05) is 18.7 Å². The number of morpholine rings is 1. The zero-order valence-corrected chi connectivity index (χ0v) is 20.7. The Morgan fingerprint density at radius 3 is 2.53 bits per heavy atom. The predicted molar refractivity (Wildman–Crippen MR) is 130 cm³/mol. The Labute approximate surface area is 204 Å². The molecule has 2 aliphatic rings. The number of aromatic nitrogens is 1. The van der Waals surface area contributed by atoms with Crippen LogP contribution in [0.4, 0.5) is 4.39 Å². The summed E-state index contributed by atoms with van der Waals surface area (Å²) in [5.74, 6) is -0.0113. The summed E-state index contributed by atoms with van der Waals surface area (Å²) in [7, 11) is 0. The normalized spacial score (nSPS) is 18.6. The van der Waals surface area contributed by atoms with Crippen LogP contribution in [0.5, 0.6) is 0 Å². The highest BCUT2D eigenvalue weighted by Crippen LogP contribution is 2.31. The van der Waals surface area contributed by atoms with E-state index in [0.29, 0.717) is 30.2 Å². The highest BCUT2D eigenvalue weighted by atomic mass is 32.1. The summed E-state index contributed by atoms with van der Waals surface area (Å²) < 4.78 is 18.6. The van der Waals surface area contributed by atoms with E-state index < -0.39 is 0 Å². The number of nitrogens with zero attached hydrogens (tertiary/aromatic N) is 3. The number of rotatable bonds is 7. The summed E-state index contributed by atoms with van der Waals surface area (Å²) in [4.78, 5) is 35.2. The second-order valence-corrected chi connectivity index (χ2v) is 10.1. The van der Waals surface area contributed by atoms with Crippen LogP contribution in [0.25, 0.3) is 10.6 Å². The van der Waals surface area contributed by atoms with E-state index in [9.17, 15) is 14.0 Å².